The highest BCUT2D eigenvalue weighted by Gasteiger charge is 2.62. The summed E-state index contributed by atoms with van der Waals surface area (Å²) in [5.74, 6) is -0.671. The lowest BCUT2D eigenvalue weighted by Crippen LogP contribution is -2.42. The molecule has 1 unspecified atom stereocenters. The largest absolute Gasteiger partial charge is 0.435 e. The summed E-state index contributed by atoms with van der Waals surface area (Å²) in [5.41, 5.74) is 0.263. The number of hydrogen-bond acceptors (Lipinski definition) is 4. The lowest BCUT2D eigenvalue weighted by atomic mass is 9.86. The van der Waals surface area contributed by atoms with E-state index in [9.17, 15) is 22.8 Å². The number of aryl methyl sites for hydroxylation is 2. The summed E-state index contributed by atoms with van der Waals surface area (Å²) in [6.07, 6.45) is -5.46. The molecule has 3 aromatic rings. The Morgan fingerprint density at radius 3 is 2.13 bits per heavy atom. The van der Waals surface area contributed by atoms with Crippen LogP contribution < -0.4 is 10.6 Å². The van der Waals surface area contributed by atoms with Crippen molar-refractivity contribution in [3.63, 3.8) is 0 Å². The average Bonchev–Trinajstić information content (AvgIpc) is 3.32. The molecule has 0 saturated heterocycles. The standard InChI is InChI=1S/C28H24Cl2F3N3O3/c1-16-3-6-22(7-4-16)34-25(37)9-10-26(38)35-23-8-5-18(11-17(23)2)24-15-27(39-36-24,28(31,32)33)19-12-20(29)14-21(30)13-19/h3-8,11-14H,9-10,15H2,1-2H3,(H,34,37)(H,35,38). The molecule has 0 radical (unpaired) electrons. The van der Waals surface area contributed by atoms with Crippen LogP contribution in [0.5, 0.6) is 0 Å². The number of nitrogens with zero attached hydrogens (tertiary/aromatic N) is 1. The minimum atomic E-state index is -4.80. The van der Waals surface area contributed by atoms with Crippen LogP contribution in [-0.4, -0.2) is 23.7 Å². The zero-order valence-electron chi connectivity index (χ0n) is 21.0. The van der Waals surface area contributed by atoms with Crippen LogP contribution in [-0.2, 0) is 20.0 Å². The summed E-state index contributed by atoms with van der Waals surface area (Å²) >= 11 is 11.9. The molecule has 3 aromatic carbocycles. The monoisotopic (exact) mass is 577 g/mol. The number of hydrogen-bond donors (Lipinski definition) is 2. The average molecular weight is 578 g/mol. The van der Waals surface area contributed by atoms with Crippen LogP contribution in [0.1, 0.15) is 41.5 Å². The van der Waals surface area contributed by atoms with Gasteiger partial charge in [-0.25, -0.2) is 0 Å². The Balaban J connectivity index is 1.41. The van der Waals surface area contributed by atoms with Gasteiger partial charge in [0, 0.05) is 46.2 Å². The molecule has 1 heterocycles. The maximum atomic E-state index is 14.2. The zero-order chi connectivity index (χ0) is 28.4. The first-order valence-corrected chi connectivity index (χ1v) is 12.7. The van der Waals surface area contributed by atoms with Gasteiger partial charge in [-0.3, -0.25) is 9.59 Å². The van der Waals surface area contributed by atoms with E-state index in [1.807, 2.05) is 19.1 Å². The van der Waals surface area contributed by atoms with E-state index >= 15 is 0 Å². The molecule has 0 aromatic heterocycles. The number of oxime groups is 1. The molecule has 1 atom stereocenters. The summed E-state index contributed by atoms with van der Waals surface area (Å²) in [7, 11) is 0. The van der Waals surface area contributed by atoms with E-state index in [4.69, 9.17) is 28.0 Å². The van der Waals surface area contributed by atoms with Gasteiger partial charge >= 0.3 is 6.18 Å². The Hall–Kier alpha value is -3.56. The van der Waals surface area contributed by atoms with Crippen molar-refractivity contribution in [1.82, 2.24) is 0 Å². The van der Waals surface area contributed by atoms with E-state index in [2.05, 4.69) is 15.8 Å². The molecular formula is C28H24Cl2F3N3O3. The molecule has 4 rings (SSSR count). The Kier molecular flexibility index (Phi) is 8.23. The third kappa shape index (κ3) is 6.54. The zero-order valence-corrected chi connectivity index (χ0v) is 22.5. The highest BCUT2D eigenvalue weighted by molar-refractivity contribution is 6.34. The molecule has 0 aliphatic carbocycles. The van der Waals surface area contributed by atoms with Crippen molar-refractivity contribution in [2.24, 2.45) is 5.16 Å². The van der Waals surface area contributed by atoms with Crippen LogP contribution in [0.4, 0.5) is 24.5 Å². The number of benzene rings is 3. The first-order chi connectivity index (χ1) is 18.4. The second kappa shape index (κ2) is 11.3. The van der Waals surface area contributed by atoms with Crippen LogP contribution in [0.2, 0.25) is 10.0 Å². The maximum absolute atomic E-state index is 14.2. The fourth-order valence-electron chi connectivity index (χ4n) is 4.13. The summed E-state index contributed by atoms with van der Waals surface area (Å²) in [6.45, 7) is 3.64. The molecule has 0 saturated carbocycles. The van der Waals surface area contributed by atoms with Crippen molar-refractivity contribution >= 4 is 52.1 Å². The predicted octanol–water partition coefficient (Wildman–Crippen LogP) is 7.55. The van der Waals surface area contributed by atoms with Gasteiger partial charge in [0.15, 0.2) is 0 Å². The Morgan fingerprint density at radius 1 is 0.923 bits per heavy atom. The lowest BCUT2D eigenvalue weighted by Gasteiger charge is -2.29. The van der Waals surface area contributed by atoms with E-state index in [1.165, 1.54) is 6.07 Å². The first kappa shape index (κ1) is 28.4. The number of carbonyl (C=O) groups is 2. The van der Waals surface area contributed by atoms with Gasteiger partial charge in [-0.1, -0.05) is 52.1 Å². The second-order valence-electron chi connectivity index (χ2n) is 9.28. The summed E-state index contributed by atoms with van der Waals surface area (Å²) in [5, 5.41) is 9.32. The molecule has 0 fully saturated rings. The number of rotatable bonds is 7. The number of halogens is 5. The molecule has 0 bridgehead atoms. The number of nitrogens with one attached hydrogen (secondary N) is 2. The molecule has 204 valence electrons. The van der Waals surface area contributed by atoms with Gasteiger partial charge in [0.05, 0.1) is 5.71 Å². The molecule has 2 amide bonds. The van der Waals surface area contributed by atoms with Crippen molar-refractivity contribution in [2.75, 3.05) is 10.6 Å². The fraction of sp³-hybridized carbons (Fsp3) is 0.250. The second-order valence-corrected chi connectivity index (χ2v) is 10.2. The molecule has 0 spiro atoms. The Bertz CT molecular complexity index is 1420. The van der Waals surface area contributed by atoms with Gasteiger partial charge in [-0.05, 0) is 67.4 Å². The quantitative estimate of drug-likeness (QED) is 0.304. The van der Waals surface area contributed by atoms with Crippen LogP contribution in [0.3, 0.4) is 0 Å². The van der Waals surface area contributed by atoms with Crippen LogP contribution in [0.25, 0.3) is 0 Å². The van der Waals surface area contributed by atoms with Crippen molar-refractivity contribution in [3.05, 3.63) is 93.0 Å². The van der Waals surface area contributed by atoms with Gasteiger partial charge in [0.2, 0.25) is 11.8 Å². The van der Waals surface area contributed by atoms with Gasteiger partial charge in [0.1, 0.15) is 0 Å². The van der Waals surface area contributed by atoms with E-state index in [-0.39, 0.29) is 46.0 Å². The number of amides is 2. The maximum Gasteiger partial charge on any atom is 0.435 e. The topological polar surface area (TPSA) is 79.8 Å². The normalized spacial score (nSPS) is 16.8. The molecule has 6 nitrogen and oxygen atoms in total. The van der Waals surface area contributed by atoms with Crippen molar-refractivity contribution in [2.45, 2.75) is 44.9 Å². The minimum Gasteiger partial charge on any atom is -0.374 e. The molecule has 11 heteroatoms. The number of carbonyl (C=O) groups excluding carboxylic acids is 2. The van der Waals surface area contributed by atoms with E-state index < -0.39 is 18.2 Å². The van der Waals surface area contributed by atoms with Crippen molar-refractivity contribution < 1.29 is 27.6 Å². The highest BCUT2D eigenvalue weighted by atomic mass is 35.5. The summed E-state index contributed by atoms with van der Waals surface area (Å²) in [6, 6.07) is 15.7. The fourth-order valence-corrected chi connectivity index (χ4v) is 4.66. The molecule has 2 N–H and O–H groups in total. The van der Waals surface area contributed by atoms with Crippen LogP contribution >= 0.6 is 23.2 Å². The highest BCUT2D eigenvalue weighted by Crippen LogP contribution is 2.49. The molecule has 1 aliphatic heterocycles. The van der Waals surface area contributed by atoms with Crippen molar-refractivity contribution in [1.29, 1.82) is 0 Å². The van der Waals surface area contributed by atoms with Gasteiger partial charge in [-0.15, -0.1) is 0 Å². The Labute approximate surface area is 233 Å². The first-order valence-electron chi connectivity index (χ1n) is 11.9. The summed E-state index contributed by atoms with van der Waals surface area (Å²) < 4.78 is 42.7. The third-order valence-electron chi connectivity index (χ3n) is 6.26. The van der Waals surface area contributed by atoms with Crippen LogP contribution in [0.15, 0.2) is 65.8 Å². The molecule has 1 aliphatic rings. The minimum absolute atomic E-state index is 0.0158. The smallest absolute Gasteiger partial charge is 0.374 e. The Morgan fingerprint density at radius 2 is 1.54 bits per heavy atom. The third-order valence-corrected chi connectivity index (χ3v) is 6.70. The SMILES string of the molecule is Cc1ccc(NC(=O)CCC(=O)Nc2ccc(C3=NOC(c4cc(Cl)cc(Cl)c4)(C(F)(F)F)C3)cc2C)cc1. The van der Waals surface area contributed by atoms with E-state index in [0.29, 0.717) is 22.5 Å². The lowest BCUT2D eigenvalue weighted by molar-refractivity contribution is -0.275. The predicted molar refractivity (Wildman–Crippen MR) is 145 cm³/mol. The van der Waals surface area contributed by atoms with E-state index in [1.54, 1.807) is 37.3 Å². The van der Waals surface area contributed by atoms with Gasteiger partial charge < -0.3 is 15.5 Å². The van der Waals surface area contributed by atoms with Gasteiger partial charge in [-0.2, -0.15) is 13.2 Å². The molecule has 39 heavy (non-hydrogen) atoms. The van der Waals surface area contributed by atoms with Crippen molar-refractivity contribution in [3.8, 4) is 0 Å². The van der Waals surface area contributed by atoms with E-state index in [0.717, 1.165) is 17.7 Å². The van der Waals surface area contributed by atoms with Crippen LogP contribution in [0, 0.1) is 13.8 Å². The molecular weight excluding hydrogens is 554 g/mol. The van der Waals surface area contributed by atoms with Gasteiger partial charge in [0.25, 0.3) is 5.60 Å². The number of anilines is 2. The number of alkyl halides is 3. The summed E-state index contributed by atoms with van der Waals surface area (Å²) in [4.78, 5) is 29.6.